The molecule has 0 spiro atoms. The van der Waals surface area contributed by atoms with Crippen LogP contribution in [0.1, 0.15) is 29.8 Å². The zero-order valence-corrected chi connectivity index (χ0v) is 16.5. The van der Waals surface area contributed by atoms with Gasteiger partial charge < -0.3 is 14.6 Å². The molecule has 0 saturated carbocycles. The number of carbonyl (C=O) groups is 3. The molecule has 8 nitrogen and oxygen atoms in total. The van der Waals surface area contributed by atoms with Crippen LogP contribution in [-0.4, -0.2) is 41.9 Å². The van der Waals surface area contributed by atoms with Crippen LogP contribution in [0.4, 0.5) is 5.69 Å². The van der Waals surface area contributed by atoms with Crippen LogP contribution in [0, 0.1) is 0 Å². The number of aromatic carboxylic acids is 1. The number of carbonyl (C=O) groups excluding carboxylic acids is 2. The summed E-state index contributed by atoms with van der Waals surface area (Å²) < 4.78 is 10.2. The molecule has 0 radical (unpaired) electrons. The van der Waals surface area contributed by atoms with Gasteiger partial charge in [0.05, 0.1) is 29.1 Å². The Balaban J connectivity index is 1.71. The largest absolute Gasteiger partial charge is 0.482 e. The Bertz CT molecular complexity index is 1020. The topological polar surface area (TPSA) is 106 Å². The Morgan fingerprint density at radius 2 is 1.77 bits per heavy atom. The highest BCUT2D eigenvalue weighted by molar-refractivity contribution is 6.32. The third-order valence-corrected chi connectivity index (χ3v) is 4.27. The van der Waals surface area contributed by atoms with E-state index >= 15 is 0 Å². The first kappa shape index (κ1) is 20.8. The van der Waals surface area contributed by atoms with E-state index in [2.05, 4.69) is 5.10 Å². The Morgan fingerprint density at radius 3 is 2.37 bits per heavy atom. The highest BCUT2D eigenvalue weighted by Crippen LogP contribution is 2.25. The van der Waals surface area contributed by atoms with Gasteiger partial charge in [0.15, 0.2) is 6.61 Å². The average Bonchev–Trinajstić information content (AvgIpc) is 3.02. The summed E-state index contributed by atoms with van der Waals surface area (Å²) in [7, 11) is 0. The van der Waals surface area contributed by atoms with Gasteiger partial charge in [-0.1, -0.05) is 12.1 Å². The zero-order valence-electron chi connectivity index (χ0n) is 16.5. The molecule has 2 aromatic carbocycles. The zero-order chi connectivity index (χ0) is 21.7. The van der Waals surface area contributed by atoms with Crippen LogP contribution < -0.4 is 9.75 Å². The van der Waals surface area contributed by atoms with Gasteiger partial charge in [0.1, 0.15) is 5.75 Å². The van der Waals surface area contributed by atoms with Gasteiger partial charge in [0.2, 0.25) is 0 Å². The van der Waals surface area contributed by atoms with Gasteiger partial charge in [-0.2, -0.15) is 10.1 Å². The first-order chi connectivity index (χ1) is 14.4. The molecule has 0 unspecified atom stereocenters. The number of hydrazone groups is 1. The molecular formula is C22H20N2O6. The maximum atomic E-state index is 12.8. The summed E-state index contributed by atoms with van der Waals surface area (Å²) in [6.07, 6.45) is 1.71. The lowest BCUT2D eigenvalue weighted by Crippen LogP contribution is -2.21. The van der Waals surface area contributed by atoms with Crippen molar-refractivity contribution in [3.8, 4) is 5.75 Å². The van der Waals surface area contributed by atoms with Gasteiger partial charge in [-0.3, -0.25) is 4.79 Å². The van der Waals surface area contributed by atoms with E-state index in [4.69, 9.17) is 14.6 Å². The van der Waals surface area contributed by atoms with E-state index in [1.807, 2.05) is 0 Å². The second-order valence-corrected chi connectivity index (χ2v) is 6.38. The van der Waals surface area contributed by atoms with E-state index in [1.165, 1.54) is 29.3 Å². The number of amides is 1. The summed E-state index contributed by atoms with van der Waals surface area (Å²) in [5, 5.41) is 14.5. The van der Waals surface area contributed by atoms with Crippen molar-refractivity contribution in [2.75, 3.05) is 18.2 Å². The number of rotatable bonds is 7. The van der Waals surface area contributed by atoms with Gasteiger partial charge in [-0.25, -0.2) is 9.59 Å². The van der Waals surface area contributed by atoms with Gasteiger partial charge >= 0.3 is 11.9 Å². The minimum Gasteiger partial charge on any atom is -0.482 e. The highest BCUT2D eigenvalue weighted by atomic mass is 16.6. The van der Waals surface area contributed by atoms with Crippen LogP contribution in [0.2, 0.25) is 0 Å². The molecule has 0 atom stereocenters. The van der Waals surface area contributed by atoms with Gasteiger partial charge in [-0.15, -0.1) is 0 Å². The van der Waals surface area contributed by atoms with Crippen LogP contribution in [0.15, 0.2) is 59.2 Å². The van der Waals surface area contributed by atoms with E-state index in [0.717, 1.165) is 5.56 Å². The molecule has 2 aromatic rings. The second kappa shape index (κ2) is 9.04. The normalized spacial score (nSPS) is 14.6. The predicted octanol–water partition coefficient (Wildman–Crippen LogP) is 3.13. The SMILES string of the molecule is CCOC(=O)COc1ccc(/C=C2\C(=O)N(c3ccc(C(=O)O)cc3)N=C2C)cc1. The highest BCUT2D eigenvalue weighted by Gasteiger charge is 2.28. The Morgan fingerprint density at radius 1 is 1.10 bits per heavy atom. The van der Waals surface area contributed by atoms with Crippen LogP contribution in [-0.2, 0) is 14.3 Å². The summed E-state index contributed by atoms with van der Waals surface area (Å²) in [6, 6.07) is 12.8. The summed E-state index contributed by atoms with van der Waals surface area (Å²) in [5.74, 6) is -1.28. The third-order valence-electron chi connectivity index (χ3n) is 4.27. The lowest BCUT2D eigenvalue weighted by Gasteiger charge is -2.11. The summed E-state index contributed by atoms with van der Waals surface area (Å²) in [5.41, 5.74) is 2.35. The predicted molar refractivity (Wildman–Crippen MR) is 111 cm³/mol. The molecule has 0 aliphatic carbocycles. The van der Waals surface area contributed by atoms with Crippen molar-refractivity contribution in [2.24, 2.45) is 5.10 Å². The van der Waals surface area contributed by atoms with Crippen molar-refractivity contribution in [3.63, 3.8) is 0 Å². The fourth-order valence-corrected chi connectivity index (χ4v) is 2.78. The van der Waals surface area contributed by atoms with Crippen LogP contribution >= 0.6 is 0 Å². The number of carboxylic acids is 1. The lowest BCUT2D eigenvalue weighted by molar-refractivity contribution is -0.145. The molecule has 0 aromatic heterocycles. The van der Waals surface area contributed by atoms with E-state index in [9.17, 15) is 14.4 Å². The molecule has 0 bridgehead atoms. The van der Waals surface area contributed by atoms with Crippen LogP contribution in [0.3, 0.4) is 0 Å². The second-order valence-electron chi connectivity index (χ2n) is 6.38. The molecule has 1 N–H and O–H groups in total. The van der Waals surface area contributed by atoms with Crippen molar-refractivity contribution >= 4 is 35.3 Å². The number of ether oxygens (including phenoxy) is 2. The molecule has 1 heterocycles. The summed E-state index contributed by atoms with van der Waals surface area (Å²) >= 11 is 0. The van der Waals surface area contributed by atoms with Crippen LogP contribution in [0.5, 0.6) is 5.75 Å². The molecule has 1 amide bonds. The van der Waals surface area contributed by atoms with Crippen molar-refractivity contribution in [3.05, 3.63) is 65.2 Å². The third kappa shape index (κ3) is 4.72. The molecule has 154 valence electrons. The minimum absolute atomic E-state index is 0.132. The first-order valence-electron chi connectivity index (χ1n) is 9.22. The van der Waals surface area contributed by atoms with Gasteiger partial charge in [0.25, 0.3) is 5.91 Å². The van der Waals surface area contributed by atoms with E-state index in [1.54, 1.807) is 44.2 Å². The molecule has 8 heteroatoms. The number of hydrogen-bond donors (Lipinski definition) is 1. The Hall–Kier alpha value is -3.94. The monoisotopic (exact) mass is 408 g/mol. The smallest absolute Gasteiger partial charge is 0.344 e. The van der Waals surface area contributed by atoms with E-state index < -0.39 is 11.9 Å². The molecule has 1 aliphatic rings. The van der Waals surface area contributed by atoms with Crippen LogP contribution in [0.25, 0.3) is 6.08 Å². The average molecular weight is 408 g/mol. The van der Waals surface area contributed by atoms with Crippen molar-refractivity contribution in [1.29, 1.82) is 0 Å². The summed E-state index contributed by atoms with van der Waals surface area (Å²) in [6.45, 7) is 3.58. The van der Waals surface area contributed by atoms with Crippen molar-refractivity contribution in [2.45, 2.75) is 13.8 Å². The van der Waals surface area contributed by atoms with E-state index in [0.29, 0.717) is 29.3 Å². The van der Waals surface area contributed by atoms with Crippen molar-refractivity contribution < 1.29 is 29.0 Å². The number of benzene rings is 2. The number of nitrogens with zero attached hydrogens (tertiary/aromatic N) is 2. The number of esters is 1. The lowest BCUT2D eigenvalue weighted by atomic mass is 10.1. The quantitative estimate of drug-likeness (QED) is 0.557. The molecular weight excluding hydrogens is 388 g/mol. The number of carboxylic acid groups (broad SMARTS) is 1. The first-order valence-corrected chi connectivity index (χ1v) is 9.22. The molecule has 30 heavy (non-hydrogen) atoms. The Labute approximate surface area is 173 Å². The molecule has 1 aliphatic heterocycles. The summed E-state index contributed by atoms with van der Waals surface area (Å²) in [4.78, 5) is 35.1. The fourth-order valence-electron chi connectivity index (χ4n) is 2.78. The molecule has 0 fully saturated rings. The maximum absolute atomic E-state index is 12.8. The fraction of sp³-hybridized carbons (Fsp3) is 0.182. The number of anilines is 1. The molecule has 0 saturated heterocycles. The maximum Gasteiger partial charge on any atom is 0.344 e. The minimum atomic E-state index is -1.04. The Kier molecular flexibility index (Phi) is 6.26. The van der Waals surface area contributed by atoms with Crippen molar-refractivity contribution in [1.82, 2.24) is 0 Å². The van der Waals surface area contributed by atoms with E-state index in [-0.39, 0.29) is 18.1 Å². The van der Waals surface area contributed by atoms with Gasteiger partial charge in [-0.05, 0) is 61.9 Å². The standard InChI is InChI=1S/C22H20N2O6/c1-3-29-20(25)13-30-18-10-4-15(5-11-18)12-19-14(2)23-24(21(19)26)17-8-6-16(7-9-17)22(27)28/h4-12H,3,13H2,1-2H3,(H,27,28)/b19-12-. The number of hydrogen-bond acceptors (Lipinski definition) is 6. The van der Waals surface area contributed by atoms with Gasteiger partial charge in [0, 0.05) is 0 Å². The molecule has 3 rings (SSSR count).